The molecule has 2 unspecified atom stereocenters. The topological polar surface area (TPSA) is 50.4 Å². The second-order valence-corrected chi connectivity index (χ2v) is 5.98. The van der Waals surface area contributed by atoms with Crippen molar-refractivity contribution in [2.45, 2.75) is 46.2 Å². The van der Waals surface area contributed by atoms with Gasteiger partial charge in [0, 0.05) is 12.6 Å². The first kappa shape index (κ1) is 17.5. The van der Waals surface area contributed by atoms with Crippen LogP contribution in [0.3, 0.4) is 0 Å². The van der Waals surface area contributed by atoms with E-state index in [1.54, 1.807) is 7.11 Å². The van der Waals surface area contributed by atoms with Gasteiger partial charge < -0.3 is 15.4 Å². The number of nitrogens with one attached hydrogen (secondary N) is 2. The predicted molar refractivity (Wildman–Crippen MR) is 86.6 cm³/mol. The van der Waals surface area contributed by atoms with Gasteiger partial charge in [0.05, 0.1) is 13.2 Å². The lowest BCUT2D eigenvalue weighted by Gasteiger charge is -2.20. The monoisotopic (exact) mass is 292 g/mol. The van der Waals surface area contributed by atoms with E-state index in [0.717, 1.165) is 18.7 Å². The Morgan fingerprint density at radius 2 is 1.76 bits per heavy atom. The fraction of sp³-hybridized carbons (Fsp3) is 0.588. The van der Waals surface area contributed by atoms with E-state index in [1.807, 2.05) is 19.1 Å². The number of methoxy groups -OCH3 is 1. The normalized spacial score (nSPS) is 13.8. The highest BCUT2D eigenvalue weighted by Gasteiger charge is 2.15. The van der Waals surface area contributed by atoms with Gasteiger partial charge in [0.1, 0.15) is 5.75 Å². The average Bonchev–Trinajstić information content (AvgIpc) is 2.45. The van der Waals surface area contributed by atoms with Gasteiger partial charge in [-0.3, -0.25) is 4.79 Å². The molecule has 4 nitrogen and oxygen atoms in total. The average molecular weight is 292 g/mol. The molecule has 0 bridgehead atoms. The lowest BCUT2D eigenvalue weighted by molar-refractivity contribution is -0.123. The van der Waals surface area contributed by atoms with Crippen LogP contribution in [0.1, 0.15) is 33.3 Å². The first-order valence-corrected chi connectivity index (χ1v) is 7.59. The number of hydrogen-bond donors (Lipinski definition) is 2. The quantitative estimate of drug-likeness (QED) is 0.773. The van der Waals surface area contributed by atoms with Gasteiger partial charge in [-0.05, 0) is 43.9 Å². The molecule has 4 heteroatoms. The van der Waals surface area contributed by atoms with Gasteiger partial charge in [0.15, 0.2) is 0 Å². The molecule has 0 saturated carbocycles. The highest BCUT2D eigenvalue weighted by atomic mass is 16.5. The Balaban J connectivity index is 2.40. The minimum atomic E-state index is -0.183. The van der Waals surface area contributed by atoms with Crippen LogP contribution in [-0.4, -0.2) is 31.6 Å². The minimum Gasteiger partial charge on any atom is -0.497 e. The molecule has 2 atom stereocenters. The Morgan fingerprint density at radius 1 is 1.14 bits per heavy atom. The van der Waals surface area contributed by atoms with E-state index in [1.165, 1.54) is 5.56 Å². The molecule has 0 aromatic heterocycles. The number of benzene rings is 1. The summed E-state index contributed by atoms with van der Waals surface area (Å²) in [5.74, 6) is 1.39. The van der Waals surface area contributed by atoms with Gasteiger partial charge in [-0.15, -0.1) is 0 Å². The summed E-state index contributed by atoms with van der Waals surface area (Å²) in [4.78, 5) is 11.9. The highest BCUT2D eigenvalue weighted by molar-refractivity contribution is 5.81. The molecular formula is C17H28N2O2. The van der Waals surface area contributed by atoms with E-state index >= 15 is 0 Å². The zero-order chi connectivity index (χ0) is 15.8. The Morgan fingerprint density at radius 3 is 2.29 bits per heavy atom. The van der Waals surface area contributed by atoms with E-state index in [9.17, 15) is 4.79 Å². The molecule has 0 heterocycles. The smallest absolute Gasteiger partial charge is 0.236 e. The molecule has 1 aromatic rings. The summed E-state index contributed by atoms with van der Waals surface area (Å²) >= 11 is 0. The van der Waals surface area contributed by atoms with Crippen LogP contribution in [0, 0.1) is 5.92 Å². The molecule has 118 valence electrons. The highest BCUT2D eigenvalue weighted by Crippen LogP contribution is 2.12. The lowest BCUT2D eigenvalue weighted by Crippen LogP contribution is -2.47. The molecule has 0 aliphatic heterocycles. The third kappa shape index (κ3) is 6.63. The molecule has 2 N–H and O–H groups in total. The molecule has 1 amide bonds. The van der Waals surface area contributed by atoms with Gasteiger partial charge in [0.2, 0.25) is 5.91 Å². The Bertz CT molecular complexity index is 429. The largest absolute Gasteiger partial charge is 0.497 e. The van der Waals surface area contributed by atoms with Crippen LogP contribution in [0.5, 0.6) is 5.75 Å². The van der Waals surface area contributed by atoms with Crippen molar-refractivity contribution in [2.75, 3.05) is 13.7 Å². The molecule has 0 saturated heterocycles. The van der Waals surface area contributed by atoms with E-state index in [2.05, 4.69) is 43.5 Å². The molecule has 0 aliphatic rings. The van der Waals surface area contributed by atoms with Gasteiger partial charge in [0.25, 0.3) is 0 Å². The molecule has 21 heavy (non-hydrogen) atoms. The van der Waals surface area contributed by atoms with Crippen molar-refractivity contribution in [3.63, 3.8) is 0 Å². The third-order valence-corrected chi connectivity index (χ3v) is 3.31. The third-order valence-electron chi connectivity index (χ3n) is 3.31. The van der Waals surface area contributed by atoms with Crippen LogP contribution in [-0.2, 0) is 11.2 Å². The number of ether oxygens (including phenoxy) is 1. The number of carbonyl (C=O) groups excluding carboxylic acids is 1. The molecule has 1 rings (SSSR count). The summed E-state index contributed by atoms with van der Waals surface area (Å²) in [5.41, 5.74) is 1.23. The number of carbonyl (C=O) groups is 1. The molecule has 0 radical (unpaired) electrons. The lowest BCUT2D eigenvalue weighted by atomic mass is 10.1. The summed E-state index contributed by atoms with van der Waals surface area (Å²) in [6, 6.07) is 8.08. The van der Waals surface area contributed by atoms with Crippen molar-refractivity contribution in [3.05, 3.63) is 29.8 Å². The summed E-state index contributed by atoms with van der Waals surface area (Å²) in [5, 5.41) is 6.29. The van der Waals surface area contributed by atoms with Gasteiger partial charge in [-0.1, -0.05) is 26.0 Å². The first-order chi connectivity index (χ1) is 9.92. The van der Waals surface area contributed by atoms with Crippen molar-refractivity contribution in [3.8, 4) is 5.75 Å². The van der Waals surface area contributed by atoms with Gasteiger partial charge >= 0.3 is 0 Å². The van der Waals surface area contributed by atoms with Crippen LogP contribution in [0.4, 0.5) is 0 Å². The Hall–Kier alpha value is -1.55. The van der Waals surface area contributed by atoms with Crippen LogP contribution in [0.2, 0.25) is 0 Å². The van der Waals surface area contributed by atoms with Crippen LogP contribution in [0.15, 0.2) is 24.3 Å². The molecule has 0 aliphatic carbocycles. The fourth-order valence-corrected chi connectivity index (χ4v) is 2.13. The second-order valence-electron chi connectivity index (χ2n) is 5.98. The zero-order valence-corrected chi connectivity index (χ0v) is 13.8. The van der Waals surface area contributed by atoms with Crippen molar-refractivity contribution < 1.29 is 9.53 Å². The van der Waals surface area contributed by atoms with Crippen molar-refractivity contribution in [1.29, 1.82) is 0 Å². The van der Waals surface area contributed by atoms with Crippen molar-refractivity contribution in [1.82, 2.24) is 10.6 Å². The molecular weight excluding hydrogens is 264 g/mol. The van der Waals surface area contributed by atoms with E-state index < -0.39 is 0 Å². The second kappa shape index (κ2) is 8.67. The van der Waals surface area contributed by atoms with Gasteiger partial charge in [-0.25, -0.2) is 0 Å². The van der Waals surface area contributed by atoms with Crippen LogP contribution >= 0.6 is 0 Å². The number of amides is 1. The van der Waals surface area contributed by atoms with Crippen LogP contribution < -0.4 is 15.4 Å². The van der Waals surface area contributed by atoms with Crippen LogP contribution in [0.25, 0.3) is 0 Å². The minimum absolute atomic E-state index is 0.0604. The summed E-state index contributed by atoms with van der Waals surface area (Å²) < 4.78 is 5.15. The van der Waals surface area contributed by atoms with E-state index in [-0.39, 0.29) is 18.0 Å². The summed E-state index contributed by atoms with van der Waals surface area (Å²) in [7, 11) is 1.66. The molecule has 0 spiro atoms. The maximum absolute atomic E-state index is 11.9. The maximum atomic E-state index is 11.9. The van der Waals surface area contributed by atoms with Gasteiger partial charge in [-0.2, -0.15) is 0 Å². The number of hydrogen-bond acceptors (Lipinski definition) is 3. The Labute approximate surface area is 128 Å². The predicted octanol–water partition coefficient (Wildman–Crippen LogP) is 2.38. The zero-order valence-electron chi connectivity index (χ0n) is 13.8. The molecule has 1 aromatic carbocycles. The van der Waals surface area contributed by atoms with E-state index in [4.69, 9.17) is 4.74 Å². The molecule has 0 fully saturated rings. The van der Waals surface area contributed by atoms with Crippen molar-refractivity contribution >= 4 is 5.91 Å². The Kier molecular flexibility index (Phi) is 7.23. The summed E-state index contributed by atoms with van der Waals surface area (Å²) in [6.45, 7) is 8.89. The summed E-state index contributed by atoms with van der Waals surface area (Å²) in [6.07, 6.45) is 0.881. The number of rotatable bonds is 8. The standard InChI is InChI=1S/C17H28N2O2/c1-12(2)11-18-17(20)14(4)19-13(3)10-15-6-8-16(21-5)9-7-15/h6-9,12-14,19H,10-11H2,1-5H3,(H,18,20). The van der Waals surface area contributed by atoms with E-state index in [0.29, 0.717) is 5.92 Å². The maximum Gasteiger partial charge on any atom is 0.236 e. The van der Waals surface area contributed by atoms with Crippen molar-refractivity contribution in [2.24, 2.45) is 5.92 Å². The first-order valence-electron chi connectivity index (χ1n) is 7.59. The SMILES string of the molecule is COc1ccc(CC(C)NC(C)C(=O)NCC(C)C)cc1. The fourth-order valence-electron chi connectivity index (χ4n) is 2.13.